The van der Waals surface area contributed by atoms with Gasteiger partial charge in [-0.15, -0.1) is 0 Å². The average molecular weight is 554 g/mol. The number of carboxylic acid groups (broad SMARTS) is 1. The van der Waals surface area contributed by atoms with Gasteiger partial charge in [-0.05, 0) is 48.9 Å². The molecule has 1 saturated heterocycles. The number of morpholine rings is 1. The molecule has 1 atom stereocenters. The monoisotopic (exact) mass is 553 g/mol. The minimum atomic E-state index is -0.974. The number of anilines is 2. The van der Waals surface area contributed by atoms with E-state index in [0.717, 1.165) is 11.3 Å². The Bertz CT molecular complexity index is 1220. The van der Waals surface area contributed by atoms with Crippen molar-refractivity contribution in [1.29, 1.82) is 0 Å². The quantitative estimate of drug-likeness (QED) is 0.315. The molecule has 0 amide bonds. The number of hydrogen-bond acceptors (Lipinski definition) is 11. The van der Waals surface area contributed by atoms with Gasteiger partial charge in [0.05, 0.1) is 26.9 Å². The van der Waals surface area contributed by atoms with E-state index in [1.165, 1.54) is 0 Å². The van der Waals surface area contributed by atoms with Crippen molar-refractivity contribution < 1.29 is 33.6 Å². The molecular formula is C28H35N5O7. The van der Waals surface area contributed by atoms with Crippen LogP contribution in [0.15, 0.2) is 48.5 Å². The molecule has 1 aromatic heterocycles. The average Bonchev–Trinajstić information content (AvgIpc) is 2.98. The highest BCUT2D eigenvalue weighted by Gasteiger charge is 2.20. The van der Waals surface area contributed by atoms with Gasteiger partial charge in [0.15, 0.2) is 6.10 Å². The van der Waals surface area contributed by atoms with Crippen molar-refractivity contribution in [3.05, 3.63) is 54.1 Å². The Labute approximate surface area is 233 Å². The van der Waals surface area contributed by atoms with Gasteiger partial charge in [-0.3, -0.25) is 0 Å². The van der Waals surface area contributed by atoms with Crippen LogP contribution in [0.5, 0.6) is 23.3 Å². The topological polar surface area (TPSA) is 129 Å². The Morgan fingerprint density at radius 1 is 1.02 bits per heavy atom. The normalized spacial score (nSPS) is 13.9. The maximum atomic E-state index is 11.3. The minimum absolute atomic E-state index is 0.187. The predicted molar refractivity (Wildman–Crippen MR) is 148 cm³/mol. The first-order valence-corrected chi connectivity index (χ1v) is 13.1. The standard InChI is InChI=1S/C28H35N5O7/c1-4-38-24(25(34)35)19-20-5-7-22(8-6-20)39-18-13-32(2)26-29-27(33-14-16-37-17-15-33)31-28(30-26)40-23-11-9-21(36-3)10-12-23/h5-12,24H,4,13-19H2,1-3H3,(H,34,35). The van der Waals surface area contributed by atoms with E-state index in [1.807, 2.05) is 41.1 Å². The van der Waals surface area contributed by atoms with Crippen molar-refractivity contribution >= 4 is 17.9 Å². The zero-order chi connectivity index (χ0) is 28.3. The molecule has 1 aliphatic rings. The molecule has 4 rings (SSSR count). The van der Waals surface area contributed by atoms with Crippen molar-refractivity contribution in [2.75, 3.05) is 70.0 Å². The van der Waals surface area contributed by atoms with E-state index in [0.29, 0.717) is 69.5 Å². The number of carboxylic acids is 1. The van der Waals surface area contributed by atoms with Gasteiger partial charge in [-0.2, -0.15) is 15.0 Å². The number of rotatable bonds is 14. The zero-order valence-corrected chi connectivity index (χ0v) is 23.0. The Morgan fingerprint density at radius 3 is 2.35 bits per heavy atom. The molecule has 1 aliphatic heterocycles. The van der Waals surface area contributed by atoms with E-state index in [9.17, 15) is 9.90 Å². The largest absolute Gasteiger partial charge is 0.497 e. The van der Waals surface area contributed by atoms with E-state index >= 15 is 0 Å². The summed E-state index contributed by atoms with van der Waals surface area (Å²) in [7, 11) is 3.49. The van der Waals surface area contributed by atoms with Gasteiger partial charge in [0, 0.05) is 33.2 Å². The number of benzene rings is 2. The van der Waals surface area contributed by atoms with Crippen molar-refractivity contribution in [2.45, 2.75) is 19.4 Å². The summed E-state index contributed by atoms with van der Waals surface area (Å²) in [5.41, 5.74) is 0.857. The van der Waals surface area contributed by atoms with Crippen LogP contribution >= 0.6 is 0 Å². The summed E-state index contributed by atoms with van der Waals surface area (Å²) in [5.74, 6) is 1.98. The van der Waals surface area contributed by atoms with Crippen molar-refractivity contribution in [1.82, 2.24) is 15.0 Å². The van der Waals surface area contributed by atoms with E-state index in [-0.39, 0.29) is 12.4 Å². The Kier molecular flexibility index (Phi) is 10.3. The van der Waals surface area contributed by atoms with Crippen molar-refractivity contribution in [2.24, 2.45) is 0 Å². The summed E-state index contributed by atoms with van der Waals surface area (Å²) in [4.78, 5) is 29.0. The molecule has 0 saturated carbocycles. The van der Waals surface area contributed by atoms with Crippen LogP contribution in [0.1, 0.15) is 12.5 Å². The predicted octanol–water partition coefficient (Wildman–Crippen LogP) is 3.06. The maximum absolute atomic E-state index is 11.3. The lowest BCUT2D eigenvalue weighted by atomic mass is 10.1. The second kappa shape index (κ2) is 14.3. The molecule has 0 spiro atoms. The third-order valence-electron chi connectivity index (χ3n) is 6.18. The van der Waals surface area contributed by atoms with Crippen LogP contribution in [0.25, 0.3) is 0 Å². The molecule has 2 heterocycles. The van der Waals surface area contributed by atoms with Crippen LogP contribution in [0.3, 0.4) is 0 Å². The molecule has 1 N–H and O–H groups in total. The van der Waals surface area contributed by atoms with Crippen LogP contribution in [0, 0.1) is 0 Å². The second-order valence-electron chi connectivity index (χ2n) is 9.00. The van der Waals surface area contributed by atoms with Gasteiger partial charge >= 0.3 is 12.0 Å². The third kappa shape index (κ3) is 8.17. The van der Waals surface area contributed by atoms with Crippen LogP contribution < -0.4 is 24.0 Å². The Hall–Kier alpha value is -4.16. The molecule has 1 fully saturated rings. The van der Waals surface area contributed by atoms with Crippen LogP contribution in [-0.2, 0) is 20.7 Å². The molecule has 0 radical (unpaired) electrons. The Balaban J connectivity index is 1.39. The van der Waals surface area contributed by atoms with Crippen LogP contribution in [-0.4, -0.2) is 92.4 Å². The van der Waals surface area contributed by atoms with Gasteiger partial charge in [0.1, 0.15) is 23.9 Å². The molecule has 3 aromatic rings. The Morgan fingerprint density at radius 2 is 1.70 bits per heavy atom. The fourth-order valence-electron chi connectivity index (χ4n) is 3.96. The molecule has 0 bridgehead atoms. The van der Waals surface area contributed by atoms with Crippen molar-refractivity contribution in [3.8, 4) is 23.3 Å². The molecule has 214 valence electrons. The highest BCUT2D eigenvalue weighted by molar-refractivity contribution is 5.72. The number of methoxy groups -OCH3 is 1. The smallest absolute Gasteiger partial charge is 0.333 e. The lowest BCUT2D eigenvalue weighted by Gasteiger charge is -2.27. The SMILES string of the molecule is CCOC(Cc1ccc(OCCN(C)c2nc(Oc3ccc(OC)cc3)nc(N3CCOCC3)n2)cc1)C(=O)O. The highest BCUT2D eigenvalue weighted by Crippen LogP contribution is 2.25. The molecule has 0 aliphatic carbocycles. The fraction of sp³-hybridized carbons (Fsp3) is 0.429. The van der Waals surface area contributed by atoms with Gasteiger partial charge in [0.25, 0.3) is 0 Å². The van der Waals surface area contributed by atoms with Gasteiger partial charge < -0.3 is 38.6 Å². The number of nitrogens with zero attached hydrogens (tertiary/aromatic N) is 5. The highest BCUT2D eigenvalue weighted by atomic mass is 16.5. The summed E-state index contributed by atoms with van der Waals surface area (Å²) in [5, 5.41) is 9.29. The van der Waals surface area contributed by atoms with Crippen LogP contribution in [0.2, 0.25) is 0 Å². The third-order valence-corrected chi connectivity index (χ3v) is 6.18. The summed E-state index contributed by atoms with van der Waals surface area (Å²) in [6.45, 7) is 5.54. The van der Waals surface area contributed by atoms with Gasteiger partial charge in [0.2, 0.25) is 11.9 Å². The molecule has 40 heavy (non-hydrogen) atoms. The second-order valence-corrected chi connectivity index (χ2v) is 9.00. The van der Waals surface area contributed by atoms with Crippen molar-refractivity contribution in [3.63, 3.8) is 0 Å². The lowest BCUT2D eigenvalue weighted by molar-refractivity contribution is -0.149. The molecule has 12 nitrogen and oxygen atoms in total. The number of hydrogen-bond donors (Lipinski definition) is 1. The van der Waals surface area contributed by atoms with E-state index in [2.05, 4.69) is 15.0 Å². The fourth-order valence-corrected chi connectivity index (χ4v) is 3.96. The number of likely N-dealkylation sites (N-methyl/N-ethyl adjacent to an activating group) is 1. The summed E-state index contributed by atoms with van der Waals surface area (Å²) >= 11 is 0. The summed E-state index contributed by atoms with van der Waals surface area (Å²) in [6, 6.07) is 14.7. The minimum Gasteiger partial charge on any atom is -0.497 e. The lowest BCUT2D eigenvalue weighted by Crippen LogP contribution is -2.38. The number of aromatic nitrogens is 3. The first kappa shape index (κ1) is 28.8. The molecular weight excluding hydrogens is 518 g/mol. The first-order chi connectivity index (χ1) is 19.4. The van der Waals surface area contributed by atoms with E-state index in [4.69, 9.17) is 23.7 Å². The zero-order valence-electron chi connectivity index (χ0n) is 23.0. The summed E-state index contributed by atoms with van der Waals surface area (Å²) < 4.78 is 27.9. The molecule has 1 unspecified atom stereocenters. The number of ether oxygens (including phenoxy) is 5. The molecule has 2 aromatic carbocycles. The number of aliphatic carboxylic acids is 1. The van der Waals surface area contributed by atoms with E-state index in [1.54, 1.807) is 38.3 Å². The van der Waals surface area contributed by atoms with E-state index < -0.39 is 12.1 Å². The summed E-state index contributed by atoms with van der Waals surface area (Å²) in [6.07, 6.45) is -0.579. The van der Waals surface area contributed by atoms with Gasteiger partial charge in [-0.25, -0.2) is 4.79 Å². The van der Waals surface area contributed by atoms with Crippen LogP contribution in [0.4, 0.5) is 11.9 Å². The first-order valence-electron chi connectivity index (χ1n) is 13.1. The maximum Gasteiger partial charge on any atom is 0.333 e. The molecule has 12 heteroatoms. The van der Waals surface area contributed by atoms with Gasteiger partial charge in [-0.1, -0.05) is 12.1 Å². The number of carbonyl (C=O) groups is 1.